The molecule has 1 aliphatic rings. The average Bonchev–Trinajstić information content (AvgIpc) is 2.66. The molecule has 0 spiro atoms. The van der Waals surface area contributed by atoms with Crippen LogP contribution in [0, 0.1) is 5.82 Å². The van der Waals surface area contributed by atoms with Gasteiger partial charge in [-0.05, 0) is 60.3 Å². The van der Waals surface area contributed by atoms with E-state index in [9.17, 15) is 14.0 Å². The molecule has 136 valence electrons. The summed E-state index contributed by atoms with van der Waals surface area (Å²) in [6, 6.07) is 12.6. The smallest absolute Gasteiger partial charge is 0.270 e. The minimum Gasteiger partial charge on any atom is -0.497 e. The van der Waals surface area contributed by atoms with Gasteiger partial charge in [-0.2, -0.15) is 0 Å². The van der Waals surface area contributed by atoms with E-state index in [1.54, 1.807) is 31.4 Å². The van der Waals surface area contributed by atoms with Crippen LogP contribution in [0.25, 0.3) is 6.08 Å². The highest BCUT2D eigenvalue weighted by Crippen LogP contribution is 2.21. The van der Waals surface area contributed by atoms with E-state index >= 15 is 0 Å². The molecule has 7 heteroatoms. The topological polar surface area (TPSA) is 58.6 Å². The molecule has 3 rings (SSSR count). The molecule has 0 aliphatic carbocycles. The molecule has 1 aliphatic heterocycles. The lowest BCUT2D eigenvalue weighted by atomic mass is 10.1. The number of ether oxygens (including phenoxy) is 1. The zero-order valence-corrected chi connectivity index (χ0v) is 15.1. The molecule has 0 bridgehead atoms. The van der Waals surface area contributed by atoms with Crippen molar-refractivity contribution in [1.82, 2.24) is 5.32 Å². The van der Waals surface area contributed by atoms with E-state index in [4.69, 9.17) is 17.0 Å². The molecular weight excluding hydrogens is 367 g/mol. The number of methoxy groups -OCH3 is 1. The Balaban J connectivity index is 1.84. The van der Waals surface area contributed by atoms with Crippen molar-refractivity contribution in [2.24, 2.45) is 0 Å². The van der Waals surface area contributed by atoms with Gasteiger partial charge in [-0.15, -0.1) is 0 Å². The van der Waals surface area contributed by atoms with Gasteiger partial charge >= 0.3 is 0 Å². The summed E-state index contributed by atoms with van der Waals surface area (Å²) in [6.07, 6.45) is 4.77. The van der Waals surface area contributed by atoms with Gasteiger partial charge in [0.2, 0.25) is 0 Å². The molecule has 2 aromatic rings. The largest absolute Gasteiger partial charge is 0.497 e. The molecule has 1 saturated heterocycles. The molecule has 1 fully saturated rings. The number of carbonyl (C=O) groups excluding carboxylic acids is 2. The van der Waals surface area contributed by atoms with Crippen LogP contribution in [0.15, 0.2) is 66.3 Å². The Morgan fingerprint density at radius 1 is 1.07 bits per heavy atom. The minimum absolute atomic E-state index is 0.0482. The van der Waals surface area contributed by atoms with Crippen molar-refractivity contribution in [2.45, 2.75) is 0 Å². The van der Waals surface area contributed by atoms with E-state index in [0.717, 1.165) is 16.2 Å². The van der Waals surface area contributed by atoms with Crippen LogP contribution in [0.4, 0.5) is 10.1 Å². The molecule has 2 amide bonds. The van der Waals surface area contributed by atoms with Gasteiger partial charge in [-0.3, -0.25) is 19.8 Å². The molecule has 27 heavy (non-hydrogen) atoms. The minimum atomic E-state index is -0.581. The Kier molecular flexibility index (Phi) is 5.42. The highest BCUT2D eigenvalue weighted by atomic mass is 32.1. The Morgan fingerprint density at radius 2 is 1.74 bits per heavy atom. The first-order valence-electron chi connectivity index (χ1n) is 7.97. The number of nitrogens with zero attached hydrogens (tertiary/aromatic N) is 1. The van der Waals surface area contributed by atoms with Crippen LogP contribution >= 0.6 is 12.2 Å². The van der Waals surface area contributed by atoms with E-state index in [-0.39, 0.29) is 10.7 Å². The number of benzene rings is 2. The molecule has 2 aromatic carbocycles. The molecule has 0 atom stereocenters. The maximum atomic E-state index is 13.1. The number of rotatable bonds is 4. The lowest BCUT2D eigenvalue weighted by molar-refractivity contribution is -0.122. The summed E-state index contributed by atoms with van der Waals surface area (Å²) in [7, 11) is 1.58. The number of thiocarbonyl (C=S) groups is 1. The van der Waals surface area contributed by atoms with Crippen LogP contribution in [0.3, 0.4) is 0 Å². The van der Waals surface area contributed by atoms with Crippen LogP contribution in [0.2, 0.25) is 0 Å². The second-order valence-corrected chi connectivity index (χ2v) is 5.98. The highest BCUT2D eigenvalue weighted by Gasteiger charge is 2.34. The Bertz CT molecular complexity index is 950. The maximum Gasteiger partial charge on any atom is 0.270 e. The van der Waals surface area contributed by atoms with E-state index in [0.29, 0.717) is 5.69 Å². The fraction of sp³-hybridized carbons (Fsp3) is 0.0500. The van der Waals surface area contributed by atoms with Gasteiger partial charge < -0.3 is 4.74 Å². The summed E-state index contributed by atoms with van der Waals surface area (Å²) < 4.78 is 18.2. The van der Waals surface area contributed by atoms with Gasteiger partial charge in [0.05, 0.1) is 12.8 Å². The van der Waals surface area contributed by atoms with Crippen LogP contribution < -0.4 is 15.0 Å². The zero-order valence-electron chi connectivity index (χ0n) is 14.3. The summed E-state index contributed by atoms with van der Waals surface area (Å²) >= 11 is 5.08. The second-order valence-electron chi connectivity index (χ2n) is 5.59. The molecule has 0 aromatic heterocycles. The van der Waals surface area contributed by atoms with Crippen molar-refractivity contribution in [3.05, 3.63) is 77.6 Å². The number of allylic oxidation sites excluding steroid dienone is 2. The summed E-state index contributed by atoms with van der Waals surface area (Å²) in [6.45, 7) is 0. The van der Waals surface area contributed by atoms with Crippen molar-refractivity contribution in [3.8, 4) is 5.75 Å². The van der Waals surface area contributed by atoms with E-state index in [2.05, 4.69) is 5.32 Å². The third-order valence-corrected chi connectivity index (χ3v) is 4.14. The molecule has 0 saturated carbocycles. The van der Waals surface area contributed by atoms with Crippen LogP contribution in [-0.2, 0) is 9.59 Å². The fourth-order valence-electron chi connectivity index (χ4n) is 2.47. The Morgan fingerprint density at radius 3 is 2.37 bits per heavy atom. The zero-order chi connectivity index (χ0) is 19.4. The van der Waals surface area contributed by atoms with Crippen LogP contribution in [0.5, 0.6) is 5.75 Å². The summed E-state index contributed by atoms with van der Waals surface area (Å²) in [5.41, 5.74) is 1.18. The van der Waals surface area contributed by atoms with E-state index in [1.807, 2.05) is 12.1 Å². The number of amides is 2. The summed E-state index contributed by atoms with van der Waals surface area (Å²) in [5, 5.41) is 2.42. The van der Waals surface area contributed by atoms with E-state index in [1.165, 1.54) is 30.3 Å². The van der Waals surface area contributed by atoms with Gasteiger partial charge in [0.15, 0.2) is 5.11 Å². The number of carbonyl (C=O) groups is 2. The van der Waals surface area contributed by atoms with Crippen LogP contribution in [0.1, 0.15) is 5.56 Å². The molecule has 0 radical (unpaired) electrons. The predicted molar refractivity (Wildman–Crippen MR) is 105 cm³/mol. The van der Waals surface area contributed by atoms with E-state index < -0.39 is 17.6 Å². The molecular formula is C20H15FN2O3S. The Hall–Kier alpha value is -3.32. The van der Waals surface area contributed by atoms with Gasteiger partial charge in [0, 0.05) is 0 Å². The number of nitrogens with one attached hydrogen (secondary N) is 1. The SMILES string of the molecule is COc1ccc(/C=C/C=C2\C(=O)NC(=S)N(c3ccc(F)cc3)C2=O)cc1. The van der Waals surface area contributed by atoms with Crippen molar-refractivity contribution in [3.63, 3.8) is 0 Å². The highest BCUT2D eigenvalue weighted by molar-refractivity contribution is 7.80. The standard InChI is InChI=1S/C20H15FN2O3S/c1-26-16-11-5-13(6-12-16)3-2-4-17-18(24)22-20(27)23(19(17)25)15-9-7-14(21)8-10-15/h2-12H,1H3,(H,22,24,27)/b3-2+,17-4+. The number of hydrogen-bond donors (Lipinski definition) is 1. The Labute approximate surface area is 160 Å². The quantitative estimate of drug-likeness (QED) is 0.501. The van der Waals surface area contributed by atoms with Crippen molar-refractivity contribution >= 4 is 40.9 Å². The first-order valence-corrected chi connectivity index (χ1v) is 8.38. The first-order chi connectivity index (χ1) is 13.0. The van der Waals surface area contributed by atoms with Gasteiger partial charge in [-0.25, -0.2) is 4.39 Å². The molecule has 1 heterocycles. The molecule has 0 unspecified atom stereocenters. The predicted octanol–water partition coefficient (Wildman–Crippen LogP) is 3.22. The maximum absolute atomic E-state index is 13.1. The lowest BCUT2D eigenvalue weighted by Gasteiger charge is -2.28. The summed E-state index contributed by atoms with van der Waals surface area (Å²) in [4.78, 5) is 26.0. The van der Waals surface area contributed by atoms with Gasteiger partial charge in [0.1, 0.15) is 17.1 Å². The second kappa shape index (κ2) is 7.92. The van der Waals surface area contributed by atoms with Crippen molar-refractivity contribution in [1.29, 1.82) is 0 Å². The molecule has 5 nitrogen and oxygen atoms in total. The molecule has 1 N–H and O–H groups in total. The first kappa shape index (κ1) is 18.5. The fourth-order valence-corrected chi connectivity index (χ4v) is 2.75. The summed E-state index contributed by atoms with van der Waals surface area (Å²) in [5.74, 6) is -0.857. The number of halogens is 1. The monoisotopic (exact) mass is 382 g/mol. The number of anilines is 1. The van der Waals surface area contributed by atoms with Gasteiger partial charge in [-0.1, -0.05) is 24.3 Å². The van der Waals surface area contributed by atoms with Gasteiger partial charge in [0.25, 0.3) is 11.8 Å². The lowest BCUT2D eigenvalue weighted by Crippen LogP contribution is -2.54. The third-order valence-electron chi connectivity index (χ3n) is 3.85. The average molecular weight is 382 g/mol. The van der Waals surface area contributed by atoms with Crippen molar-refractivity contribution in [2.75, 3.05) is 12.0 Å². The third kappa shape index (κ3) is 4.09. The normalized spacial score (nSPS) is 16.1. The number of hydrogen-bond acceptors (Lipinski definition) is 4. The van der Waals surface area contributed by atoms with Crippen molar-refractivity contribution < 1.29 is 18.7 Å². The van der Waals surface area contributed by atoms with Crippen LogP contribution in [-0.4, -0.2) is 24.0 Å².